The summed E-state index contributed by atoms with van der Waals surface area (Å²) in [7, 11) is 0. The minimum atomic E-state index is -1.18. The summed E-state index contributed by atoms with van der Waals surface area (Å²) in [6.07, 6.45) is 3.97. The molecule has 10 heteroatoms. The predicted molar refractivity (Wildman–Crippen MR) is 81.6 cm³/mol. The van der Waals surface area contributed by atoms with Crippen molar-refractivity contribution in [1.82, 2.24) is 5.43 Å². The van der Waals surface area contributed by atoms with Gasteiger partial charge in [0.1, 0.15) is 6.54 Å². The maximum Gasteiger partial charge on any atom is 0.505 e. The molecule has 0 aromatic rings. The molecule has 3 N–H and O–H groups in total. The van der Waals surface area contributed by atoms with Crippen molar-refractivity contribution in [2.24, 2.45) is 5.11 Å². The first-order valence-corrected chi connectivity index (χ1v) is 7.75. The molecule has 0 bridgehead atoms. The van der Waals surface area contributed by atoms with Crippen LogP contribution in [0.25, 0.3) is 0 Å². The number of hydrogen-bond donors (Lipinski definition) is 3. The van der Waals surface area contributed by atoms with Gasteiger partial charge in [0.15, 0.2) is 0 Å². The molecule has 0 aromatic carbocycles. The Hall–Kier alpha value is -1.65. The number of nitrogens with zero attached hydrogens (tertiary/aromatic N) is 2. The predicted octanol–water partition coefficient (Wildman–Crippen LogP) is 2.94. The number of hydrazine groups is 1. The van der Waals surface area contributed by atoms with Crippen molar-refractivity contribution < 1.29 is 34.8 Å². The monoisotopic (exact) mass is 339 g/mol. The van der Waals surface area contributed by atoms with Crippen molar-refractivity contribution in [2.45, 2.75) is 52.4 Å². The third kappa shape index (κ3) is 25.6. The Morgan fingerprint density at radius 1 is 1.17 bits per heavy atom. The molecule has 0 aromatic heterocycles. The molecule has 0 aliphatic heterocycles. The van der Waals surface area contributed by atoms with Gasteiger partial charge >= 0.3 is 6.16 Å². The number of carbonyl (C=O) groups is 1. The van der Waals surface area contributed by atoms with Crippen molar-refractivity contribution in [3.05, 3.63) is 5.21 Å². The molecule has 0 heterocycles. The van der Waals surface area contributed by atoms with Crippen molar-refractivity contribution in [1.29, 1.82) is 0 Å². The first-order chi connectivity index (χ1) is 11.1. The zero-order valence-corrected chi connectivity index (χ0v) is 13.9. The maximum absolute atomic E-state index is 10.9. The van der Waals surface area contributed by atoms with Crippen LogP contribution in [0, 0.1) is 5.21 Å². The highest BCUT2D eigenvalue weighted by molar-refractivity contribution is 5.56. The highest BCUT2D eigenvalue weighted by atomic mass is 17.5. The van der Waals surface area contributed by atoms with E-state index in [0.29, 0.717) is 37.5 Å². The zero-order valence-electron chi connectivity index (χ0n) is 13.9. The Bertz CT molecular complexity index is 291. The summed E-state index contributed by atoms with van der Waals surface area (Å²) < 4.78 is 4.20. The number of rotatable bonds is 13. The Kier molecular flexibility index (Phi) is 20.9. The van der Waals surface area contributed by atoms with Gasteiger partial charge in [0, 0.05) is 4.97 Å². The summed E-state index contributed by atoms with van der Waals surface area (Å²) in [5, 5.41) is 33.8. The van der Waals surface area contributed by atoms with E-state index in [1.54, 1.807) is 0 Å². The summed E-state index contributed by atoms with van der Waals surface area (Å²) in [6.45, 7) is 5.71. The molecule has 0 rings (SSSR count). The quantitative estimate of drug-likeness (QED) is 0.116. The van der Waals surface area contributed by atoms with Gasteiger partial charge in [-0.05, 0) is 30.8 Å². The first kappa shape index (κ1) is 23.6. The minimum Gasteiger partial charge on any atom is -0.572 e. The van der Waals surface area contributed by atoms with Crippen molar-refractivity contribution >= 4 is 6.16 Å². The van der Waals surface area contributed by atoms with Crippen LogP contribution in [0.5, 0.6) is 0 Å². The van der Waals surface area contributed by atoms with E-state index < -0.39 is 6.16 Å². The molecule has 0 aliphatic rings. The third-order valence-corrected chi connectivity index (χ3v) is 2.42. The van der Waals surface area contributed by atoms with Crippen LogP contribution in [0.4, 0.5) is 4.79 Å². The van der Waals surface area contributed by atoms with Crippen LogP contribution < -0.4 is 5.43 Å². The van der Waals surface area contributed by atoms with Crippen LogP contribution in [0.1, 0.15) is 52.4 Å². The lowest BCUT2D eigenvalue weighted by atomic mass is 10.3. The number of ether oxygens (including phenoxy) is 1. The Morgan fingerprint density at radius 3 is 2.43 bits per heavy atom. The zero-order chi connectivity index (χ0) is 17.8. The normalized spacial score (nSPS) is 10.7. The number of unbranched alkanes of at least 4 members (excludes halogenated alkanes) is 3. The van der Waals surface area contributed by atoms with Gasteiger partial charge in [-0.15, -0.1) is 0 Å². The average Bonchev–Trinajstić information content (AvgIpc) is 2.51. The minimum absolute atomic E-state index is 0.286. The van der Waals surface area contributed by atoms with Gasteiger partial charge < -0.3 is 15.1 Å². The number of nitrogens with one attached hydrogen (secondary N) is 1. The second-order valence-electron chi connectivity index (χ2n) is 4.47. The molecule has 0 saturated heterocycles. The molecular weight excluding hydrogens is 310 g/mol. The summed E-state index contributed by atoms with van der Waals surface area (Å²) >= 11 is 0. The van der Waals surface area contributed by atoms with E-state index in [1.807, 2.05) is 6.92 Å². The molecule has 0 radical (unpaired) electrons. The smallest absolute Gasteiger partial charge is 0.505 e. The van der Waals surface area contributed by atoms with Crippen molar-refractivity contribution in [3.63, 3.8) is 0 Å². The van der Waals surface area contributed by atoms with Crippen LogP contribution in [0.15, 0.2) is 5.11 Å². The maximum atomic E-state index is 10.9. The molecule has 0 amide bonds. The van der Waals surface area contributed by atoms with E-state index in [9.17, 15) is 10.0 Å². The molecule has 0 saturated carbocycles. The summed E-state index contributed by atoms with van der Waals surface area (Å²) in [4.78, 5) is 14.4. The summed E-state index contributed by atoms with van der Waals surface area (Å²) in [6, 6.07) is 0. The molecule has 0 unspecified atom stereocenters. The van der Waals surface area contributed by atoms with Crippen LogP contribution in [0.3, 0.4) is 0 Å². The fourth-order valence-corrected chi connectivity index (χ4v) is 1.18. The fourth-order valence-electron chi connectivity index (χ4n) is 1.18. The lowest BCUT2D eigenvalue weighted by Crippen LogP contribution is -2.23. The van der Waals surface area contributed by atoms with Crippen LogP contribution >= 0.6 is 0 Å². The summed E-state index contributed by atoms with van der Waals surface area (Å²) in [5.41, 5.74) is 2.60. The van der Waals surface area contributed by atoms with E-state index in [0.717, 1.165) is 25.7 Å². The van der Waals surface area contributed by atoms with Gasteiger partial charge in [-0.25, -0.2) is 14.9 Å². The van der Waals surface area contributed by atoms with Gasteiger partial charge in [-0.1, -0.05) is 31.7 Å². The molecule has 10 nitrogen and oxygen atoms in total. The Morgan fingerprint density at radius 2 is 1.87 bits per heavy atom. The average molecular weight is 339 g/mol. The third-order valence-electron chi connectivity index (χ3n) is 2.42. The topological polar surface area (TPSA) is 136 Å². The van der Waals surface area contributed by atoms with Gasteiger partial charge in [-0.3, -0.25) is 0 Å². The molecule has 0 fully saturated rings. The molecular formula is C13H29N3O7. The first-order valence-electron chi connectivity index (χ1n) is 7.75. The van der Waals surface area contributed by atoms with E-state index in [2.05, 4.69) is 32.1 Å². The number of hydrogen-bond acceptors (Lipinski definition) is 7. The highest BCUT2D eigenvalue weighted by Crippen LogP contribution is 1.91. The van der Waals surface area contributed by atoms with Gasteiger partial charge in [0.2, 0.25) is 0 Å². The number of carboxylic acid groups (broad SMARTS) is 1. The van der Waals surface area contributed by atoms with Gasteiger partial charge in [0.05, 0.1) is 19.8 Å². The second-order valence-corrected chi connectivity index (χ2v) is 4.47. The van der Waals surface area contributed by atoms with E-state index in [4.69, 9.17) is 10.4 Å². The highest BCUT2D eigenvalue weighted by Gasteiger charge is 1.94. The molecule has 138 valence electrons. The van der Waals surface area contributed by atoms with E-state index in [-0.39, 0.29) is 6.61 Å². The van der Waals surface area contributed by atoms with Gasteiger partial charge in [0.25, 0.3) is 0 Å². The molecule has 0 spiro atoms. The Labute approximate surface area is 136 Å². The SMILES string of the molecule is CCCCN[N+]([O-])=NCCCCOOO.CCCCOC(=O)O. The largest absolute Gasteiger partial charge is 0.572 e. The van der Waals surface area contributed by atoms with Crippen LogP contribution in [0.2, 0.25) is 0 Å². The lowest BCUT2D eigenvalue weighted by molar-refractivity contribution is -0.590. The van der Waals surface area contributed by atoms with Crippen molar-refractivity contribution in [2.75, 3.05) is 26.3 Å². The molecule has 23 heavy (non-hydrogen) atoms. The molecule has 0 atom stereocenters. The van der Waals surface area contributed by atoms with E-state index >= 15 is 0 Å². The van der Waals surface area contributed by atoms with Crippen molar-refractivity contribution in [3.8, 4) is 0 Å². The van der Waals surface area contributed by atoms with Crippen LogP contribution in [-0.2, 0) is 14.7 Å². The summed E-state index contributed by atoms with van der Waals surface area (Å²) in [5.74, 6) is 0. The Balaban J connectivity index is 0. The van der Waals surface area contributed by atoms with Crippen LogP contribution in [-0.4, -0.2) is 47.8 Å². The fraction of sp³-hybridized carbons (Fsp3) is 0.923. The lowest BCUT2D eigenvalue weighted by Gasteiger charge is -2.01. The second kappa shape index (κ2) is 20.3. The molecule has 0 aliphatic carbocycles. The van der Waals surface area contributed by atoms with E-state index in [1.165, 1.54) is 0 Å². The standard InChI is InChI=1S/C8H19N3O4.C5H10O3/c1-2-3-6-9-11(12)10-7-4-5-8-14-15-13;1-2-3-4-8-5(6)7/h13H,2-8H2,1H3,(H,9,10);2-4H2,1H3,(H,6,7). The van der Waals surface area contributed by atoms with Gasteiger partial charge in [-0.2, -0.15) is 5.43 Å².